The lowest BCUT2D eigenvalue weighted by molar-refractivity contribution is -0.134. The highest BCUT2D eigenvalue weighted by molar-refractivity contribution is 7.92. The fraction of sp³-hybridized carbons (Fsp3) is 0.636. The fourth-order valence-corrected chi connectivity index (χ4v) is 5.09. The van der Waals surface area contributed by atoms with Gasteiger partial charge in [0.1, 0.15) is 5.75 Å². The summed E-state index contributed by atoms with van der Waals surface area (Å²) >= 11 is 0. The molecule has 1 fully saturated rings. The van der Waals surface area contributed by atoms with E-state index in [-0.39, 0.29) is 23.6 Å². The van der Waals surface area contributed by atoms with Crippen molar-refractivity contribution in [2.24, 2.45) is 0 Å². The van der Waals surface area contributed by atoms with Gasteiger partial charge in [-0.1, -0.05) is 57.0 Å². The third-order valence-electron chi connectivity index (χ3n) is 5.49. The molecule has 1 aromatic rings. The summed E-state index contributed by atoms with van der Waals surface area (Å²) in [6.45, 7) is 5.19. The molecule has 1 N–H and O–H groups in total. The minimum atomic E-state index is -3.35. The van der Waals surface area contributed by atoms with Crippen molar-refractivity contribution < 1.29 is 18.0 Å². The molecular weight excluding hydrogens is 388 g/mol. The fourth-order valence-electron chi connectivity index (χ4n) is 3.82. The second-order valence-corrected chi connectivity index (χ2v) is 10.0. The van der Waals surface area contributed by atoms with Crippen molar-refractivity contribution >= 4 is 21.7 Å². The number of hydrogen-bond acceptors (Lipinski definition) is 4. The van der Waals surface area contributed by atoms with Gasteiger partial charge >= 0.3 is 0 Å². The van der Waals surface area contributed by atoms with Crippen LogP contribution in [0, 0.1) is 0 Å². The van der Waals surface area contributed by atoms with Crippen LogP contribution in [0.1, 0.15) is 63.9 Å². The Bertz CT molecular complexity index is 756. The Balaban J connectivity index is 1.81. The molecule has 0 radical (unpaired) electrons. The molecule has 1 unspecified atom stereocenters. The Morgan fingerprint density at radius 3 is 2.34 bits per heavy atom. The number of likely N-dealkylation sites (tertiary alicyclic amines) is 1. The van der Waals surface area contributed by atoms with Crippen LogP contribution < -0.4 is 5.32 Å². The van der Waals surface area contributed by atoms with E-state index < -0.39 is 21.5 Å². The highest BCUT2D eigenvalue weighted by Crippen LogP contribution is 2.24. The third-order valence-corrected chi connectivity index (χ3v) is 7.10. The van der Waals surface area contributed by atoms with Crippen molar-refractivity contribution in [1.29, 1.82) is 0 Å². The van der Waals surface area contributed by atoms with E-state index in [0.717, 1.165) is 24.8 Å². The average Bonchev–Trinajstić information content (AvgIpc) is 2.69. The number of unbranched alkanes of at least 4 members (excludes halogenated alkanes) is 2. The molecule has 6 nitrogen and oxygen atoms in total. The number of carbonyl (C=O) groups is 2. The summed E-state index contributed by atoms with van der Waals surface area (Å²) in [5, 5.41) is 2.84. The van der Waals surface area contributed by atoms with Crippen LogP contribution in [0.25, 0.3) is 0 Å². The number of benzene rings is 1. The summed E-state index contributed by atoms with van der Waals surface area (Å²) in [6, 6.07) is 9.74. The maximum absolute atomic E-state index is 12.9. The highest BCUT2D eigenvalue weighted by Gasteiger charge is 2.29. The number of carbonyl (C=O) groups excluding carboxylic acids is 2. The van der Waals surface area contributed by atoms with Gasteiger partial charge in [-0.05, 0) is 31.2 Å². The van der Waals surface area contributed by atoms with Gasteiger partial charge in [-0.3, -0.25) is 9.59 Å². The summed E-state index contributed by atoms with van der Waals surface area (Å²) in [5.74, 6) is -0.819. The third kappa shape index (κ3) is 7.46. The standard InChI is InChI=1S/C22H34N2O4S/c1-3-5-9-16-29(27,28)17-21(25)23-19-12-14-24(15-13-19)22(26)20(4-2)18-10-7-6-8-11-18/h6-8,10-11,19-20H,3-5,9,12-17H2,1-2H3,(H,23,25). The second kappa shape index (κ2) is 11.3. The molecule has 1 aliphatic heterocycles. The molecule has 0 spiro atoms. The Kier molecular flexibility index (Phi) is 9.14. The van der Waals surface area contributed by atoms with Crippen LogP contribution in [0.2, 0.25) is 0 Å². The van der Waals surface area contributed by atoms with Gasteiger partial charge in [0.25, 0.3) is 0 Å². The average molecular weight is 423 g/mol. The van der Waals surface area contributed by atoms with Crippen molar-refractivity contribution in [3.63, 3.8) is 0 Å². The first-order valence-electron chi connectivity index (χ1n) is 10.7. The summed E-state index contributed by atoms with van der Waals surface area (Å²) < 4.78 is 24.1. The molecule has 0 aliphatic carbocycles. The molecule has 0 saturated carbocycles. The monoisotopic (exact) mass is 422 g/mol. The molecule has 2 rings (SSSR count). The van der Waals surface area contributed by atoms with Crippen LogP contribution in [0.3, 0.4) is 0 Å². The van der Waals surface area contributed by atoms with Crippen molar-refractivity contribution in [2.75, 3.05) is 24.6 Å². The van der Waals surface area contributed by atoms with Crippen LogP contribution in [0.5, 0.6) is 0 Å². The molecule has 2 amide bonds. The van der Waals surface area contributed by atoms with Gasteiger partial charge in [-0.2, -0.15) is 0 Å². The van der Waals surface area contributed by atoms with Gasteiger partial charge in [0, 0.05) is 19.1 Å². The van der Waals surface area contributed by atoms with E-state index in [1.165, 1.54) is 0 Å². The number of piperidine rings is 1. The molecule has 1 aromatic carbocycles. The lowest BCUT2D eigenvalue weighted by Gasteiger charge is -2.34. The Hall–Kier alpha value is -1.89. The summed E-state index contributed by atoms with van der Waals surface area (Å²) in [7, 11) is -3.35. The predicted octanol–water partition coefficient (Wildman–Crippen LogP) is 2.89. The van der Waals surface area contributed by atoms with Crippen LogP contribution in [-0.2, 0) is 19.4 Å². The van der Waals surface area contributed by atoms with E-state index in [1.54, 1.807) is 0 Å². The molecule has 0 bridgehead atoms. The highest BCUT2D eigenvalue weighted by atomic mass is 32.2. The molecule has 1 atom stereocenters. The van der Waals surface area contributed by atoms with Crippen molar-refractivity contribution in [1.82, 2.24) is 10.2 Å². The van der Waals surface area contributed by atoms with Gasteiger partial charge in [0.2, 0.25) is 11.8 Å². The molecule has 29 heavy (non-hydrogen) atoms. The number of amides is 2. The normalized spacial score (nSPS) is 16.4. The van der Waals surface area contributed by atoms with Crippen molar-refractivity contribution in [3.05, 3.63) is 35.9 Å². The zero-order valence-electron chi connectivity index (χ0n) is 17.6. The molecule has 162 valence electrons. The number of sulfone groups is 1. The molecule has 0 aromatic heterocycles. The van der Waals surface area contributed by atoms with E-state index in [9.17, 15) is 18.0 Å². The summed E-state index contributed by atoms with van der Waals surface area (Å²) in [5.41, 5.74) is 1.03. The van der Waals surface area contributed by atoms with Crippen LogP contribution in [-0.4, -0.2) is 55.8 Å². The van der Waals surface area contributed by atoms with Gasteiger partial charge in [-0.15, -0.1) is 0 Å². The van der Waals surface area contributed by atoms with Gasteiger partial charge in [-0.25, -0.2) is 8.42 Å². The number of nitrogens with one attached hydrogen (secondary N) is 1. The SMILES string of the molecule is CCCCCS(=O)(=O)CC(=O)NC1CCN(C(=O)C(CC)c2ccccc2)CC1. The van der Waals surface area contributed by atoms with Gasteiger partial charge < -0.3 is 10.2 Å². The zero-order chi connectivity index (χ0) is 21.3. The largest absolute Gasteiger partial charge is 0.352 e. The predicted molar refractivity (Wildman–Crippen MR) is 115 cm³/mol. The minimum Gasteiger partial charge on any atom is -0.352 e. The molecular formula is C22H34N2O4S. The Morgan fingerprint density at radius 2 is 1.76 bits per heavy atom. The lowest BCUT2D eigenvalue weighted by atomic mass is 9.93. The number of rotatable bonds is 10. The topological polar surface area (TPSA) is 83.6 Å². The van der Waals surface area contributed by atoms with Gasteiger partial charge in [0.15, 0.2) is 9.84 Å². The Morgan fingerprint density at radius 1 is 1.10 bits per heavy atom. The van der Waals surface area contributed by atoms with Crippen molar-refractivity contribution in [2.45, 2.75) is 64.3 Å². The first-order valence-corrected chi connectivity index (χ1v) is 12.5. The van der Waals surface area contributed by atoms with Crippen LogP contribution >= 0.6 is 0 Å². The smallest absolute Gasteiger partial charge is 0.235 e. The second-order valence-electron chi connectivity index (χ2n) is 7.84. The van der Waals surface area contributed by atoms with Crippen molar-refractivity contribution in [3.8, 4) is 0 Å². The first-order chi connectivity index (χ1) is 13.9. The molecule has 1 saturated heterocycles. The van der Waals surface area contributed by atoms with E-state index >= 15 is 0 Å². The first kappa shape index (κ1) is 23.4. The van der Waals surface area contributed by atoms with E-state index in [1.807, 2.05) is 49.1 Å². The van der Waals surface area contributed by atoms with Crippen LogP contribution in [0.4, 0.5) is 0 Å². The van der Waals surface area contributed by atoms with E-state index in [4.69, 9.17) is 0 Å². The summed E-state index contributed by atoms with van der Waals surface area (Å²) in [6.07, 6.45) is 4.45. The van der Waals surface area contributed by atoms with Gasteiger partial charge in [0.05, 0.1) is 11.7 Å². The number of hydrogen-bond donors (Lipinski definition) is 1. The molecule has 1 heterocycles. The maximum Gasteiger partial charge on any atom is 0.235 e. The zero-order valence-corrected chi connectivity index (χ0v) is 18.4. The maximum atomic E-state index is 12.9. The number of nitrogens with zero attached hydrogens (tertiary/aromatic N) is 1. The van der Waals surface area contributed by atoms with E-state index in [0.29, 0.717) is 32.4 Å². The quantitative estimate of drug-likeness (QED) is 0.588. The molecule has 1 aliphatic rings. The molecule has 7 heteroatoms. The van der Waals surface area contributed by atoms with Crippen LogP contribution in [0.15, 0.2) is 30.3 Å². The van der Waals surface area contributed by atoms with E-state index in [2.05, 4.69) is 5.32 Å². The minimum absolute atomic E-state index is 0.0686. The lowest BCUT2D eigenvalue weighted by Crippen LogP contribution is -2.48. The Labute approximate surface area is 175 Å². The summed E-state index contributed by atoms with van der Waals surface area (Å²) in [4.78, 5) is 26.9.